The molecule has 10 heteroatoms. The molecule has 0 radical (unpaired) electrons. The normalized spacial score (nSPS) is 16.4. The van der Waals surface area contributed by atoms with Gasteiger partial charge in [0.25, 0.3) is 5.91 Å². The van der Waals surface area contributed by atoms with Crippen LogP contribution in [-0.4, -0.2) is 74.5 Å². The third-order valence-corrected chi connectivity index (χ3v) is 6.68. The van der Waals surface area contributed by atoms with Crippen molar-refractivity contribution in [3.8, 4) is 0 Å². The number of fused-ring (bicyclic) bond motifs is 1. The van der Waals surface area contributed by atoms with Crippen LogP contribution in [0, 0.1) is 6.92 Å². The van der Waals surface area contributed by atoms with Crippen molar-refractivity contribution in [1.82, 2.24) is 29.9 Å². The third kappa shape index (κ3) is 4.10. The van der Waals surface area contributed by atoms with E-state index < -0.39 is 11.8 Å². The lowest BCUT2D eigenvalue weighted by molar-refractivity contribution is -0.146. The Labute approximate surface area is 189 Å². The topological polar surface area (TPSA) is 100 Å². The third-order valence-electron chi connectivity index (χ3n) is 5.81. The van der Waals surface area contributed by atoms with Crippen molar-refractivity contribution < 1.29 is 14.4 Å². The van der Waals surface area contributed by atoms with Gasteiger partial charge in [0.1, 0.15) is 0 Å². The number of rotatable bonds is 4. The molecule has 2 fully saturated rings. The molecule has 1 N–H and O–H groups in total. The molecule has 9 nitrogen and oxygen atoms in total. The van der Waals surface area contributed by atoms with Crippen LogP contribution in [0.3, 0.4) is 0 Å². The summed E-state index contributed by atoms with van der Waals surface area (Å²) in [6.45, 7) is 3.92. The first-order chi connectivity index (χ1) is 15.5. The highest BCUT2D eigenvalue weighted by molar-refractivity contribution is 7.09. The van der Waals surface area contributed by atoms with Gasteiger partial charge in [0, 0.05) is 42.8 Å². The van der Waals surface area contributed by atoms with Gasteiger partial charge in [-0.2, -0.15) is 5.10 Å². The molecule has 1 saturated heterocycles. The summed E-state index contributed by atoms with van der Waals surface area (Å²) in [5.41, 5.74) is 2.00. The second kappa shape index (κ2) is 8.34. The molecular formula is C22H24N6O3S. The molecular weight excluding hydrogens is 428 g/mol. The fourth-order valence-electron chi connectivity index (χ4n) is 3.92. The Kier molecular flexibility index (Phi) is 5.38. The van der Waals surface area contributed by atoms with Crippen molar-refractivity contribution in [3.05, 3.63) is 45.9 Å². The van der Waals surface area contributed by atoms with Gasteiger partial charge in [-0.3, -0.25) is 14.4 Å². The number of nitrogens with one attached hydrogen (secondary N) is 1. The van der Waals surface area contributed by atoms with E-state index in [0.29, 0.717) is 43.9 Å². The summed E-state index contributed by atoms with van der Waals surface area (Å²) in [7, 11) is 0. The van der Waals surface area contributed by atoms with Gasteiger partial charge >= 0.3 is 11.8 Å². The number of hydrogen-bond acceptors (Lipinski definition) is 6. The van der Waals surface area contributed by atoms with Crippen molar-refractivity contribution >= 4 is 40.1 Å². The van der Waals surface area contributed by atoms with E-state index in [-0.39, 0.29) is 11.9 Å². The standard InChI is InChI=1S/C22H24N6O3S/c1-14-11-17(18-12-23-28(19(18)24-14)13-16-3-2-10-32-16)21(30)26-6-8-27(9-7-26)22(31)20(29)25-15-4-5-15/h2-3,10-12,15H,4-9,13H2,1H3,(H,25,29). The zero-order chi connectivity index (χ0) is 22.2. The Morgan fingerprint density at radius 1 is 1.16 bits per heavy atom. The quantitative estimate of drug-likeness (QED) is 0.604. The molecule has 0 atom stereocenters. The van der Waals surface area contributed by atoms with E-state index in [4.69, 9.17) is 0 Å². The van der Waals surface area contributed by atoms with Crippen LogP contribution >= 0.6 is 11.3 Å². The number of pyridine rings is 1. The molecule has 3 amide bonds. The molecule has 3 aromatic heterocycles. The lowest BCUT2D eigenvalue weighted by atomic mass is 10.1. The van der Waals surface area contributed by atoms with Crippen molar-refractivity contribution in [2.75, 3.05) is 26.2 Å². The molecule has 1 aliphatic heterocycles. The van der Waals surface area contributed by atoms with Gasteiger partial charge in [-0.25, -0.2) is 9.67 Å². The van der Waals surface area contributed by atoms with Crippen LogP contribution in [0.25, 0.3) is 11.0 Å². The van der Waals surface area contributed by atoms with Crippen LogP contribution in [0.5, 0.6) is 0 Å². The average Bonchev–Trinajstić information content (AvgIpc) is 3.29. The van der Waals surface area contributed by atoms with Crippen molar-refractivity contribution in [2.24, 2.45) is 0 Å². The average molecular weight is 453 g/mol. The van der Waals surface area contributed by atoms with Gasteiger partial charge in [-0.15, -0.1) is 11.3 Å². The first-order valence-corrected chi connectivity index (χ1v) is 11.6. The van der Waals surface area contributed by atoms with E-state index in [1.807, 2.05) is 29.1 Å². The van der Waals surface area contributed by atoms with Gasteiger partial charge in [0.05, 0.1) is 23.7 Å². The fourth-order valence-corrected chi connectivity index (χ4v) is 4.60. The van der Waals surface area contributed by atoms with Crippen molar-refractivity contribution in [2.45, 2.75) is 32.4 Å². The second-order valence-corrected chi connectivity index (χ2v) is 9.29. The summed E-state index contributed by atoms with van der Waals surface area (Å²) in [6.07, 6.45) is 3.57. The molecule has 166 valence electrons. The number of nitrogens with zero attached hydrogens (tertiary/aromatic N) is 5. The number of carbonyl (C=O) groups is 3. The Hall–Kier alpha value is -3.27. The predicted molar refractivity (Wildman–Crippen MR) is 119 cm³/mol. The zero-order valence-corrected chi connectivity index (χ0v) is 18.6. The minimum atomic E-state index is -0.545. The number of carbonyl (C=O) groups excluding carboxylic acids is 3. The van der Waals surface area contributed by atoms with Crippen LogP contribution in [0.1, 0.15) is 33.8 Å². The molecule has 2 aliphatic rings. The monoisotopic (exact) mass is 452 g/mol. The minimum Gasteiger partial charge on any atom is -0.345 e. The van der Waals surface area contributed by atoms with Gasteiger partial charge in [0.2, 0.25) is 0 Å². The maximum Gasteiger partial charge on any atom is 0.312 e. The van der Waals surface area contributed by atoms with Crippen LogP contribution in [-0.2, 0) is 16.1 Å². The second-order valence-electron chi connectivity index (χ2n) is 8.26. The van der Waals surface area contributed by atoms with E-state index in [1.165, 1.54) is 4.90 Å². The minimum absolute atomic E-state index is 0.106. The molecule has 0 unspecified atom stereocenters. The van der Waals surface area contributed by atoms with Crippen molar-refractivity contribution in [3.63, 3.8) is 0 Å². The summed E-state index contributed by atoms with van der Waals surface area (Å²) < 4.78 is 1.82. The molecule has 5 rings (SSSR count). The summed E-state index contributed by atoms with van der Waals surface area (Å²) in [5.74, 6) is -1.16. The molecule has 1 aliphatic carbocycles. The maximum absolute atomic E-state index is 13.3. The van der Waals surface area contributed by atoms with E-state index in [1.54, 1.807) is 28.5 Å². The molecule has 32 heavy (non-hydrogen) atoms. The number of hydrogen-bond donors (Lipinski definition) is 1. The van der Waals surface area contributed by atoms with Crippen LogP contribution in [0.15, 0.2) is 29.8 Å². The Morgan fingerprint density at radius 2 is 1.91 bits per heavy atom. The van der Waals surface area contributed by atoms with Crippen LogP contribution < -0.4 is 5.32 Å². The predicted octanol–water partition coefficient (Wildman–Crippen LogP) is 1.41. The van der Waals surface area contributed by atoms with Gasteiger partial charge in [0.15, 0.2) is 5.65 Å². The Bertz CT molecular complexity index is 1180. The highest BCUT2D eigenvalue weighted by atomic mass is 32.1. The Morgan fingerprint density at radius 3 is 2.59 bits per heavy atom. The van der Waals surface area contributed by atoms with Crippen molar-refractivity contribution in [1.29, 1.82) is 0 Å². The summed E-state index contributed by atoms with van der Waals surface area (Å²) in [4.78, 5) is 46.8. The summed E-state index contributed by atoms with van der Waals surface area (Å²) in [5, 5.41) is 9.95. The first kappa shape index (κ1) is 20.6. The van der Waals surface area contributed by atoms with Crippen LogP contribution in [0.2, 0.25) is 0 Å². The SMILES string of the molecule is Cc1cc(C(=O)N2CCN(C(=O)C(=O)NC3CC3)CC2)c2cnn(Cc3cccs3)c2n1. The molecule has 4 heterocycles. The van der Waals surface area contributed by atoms with Crippen LogP contribution in [0.4, 0.5) is 0 Å². The number of thiophene rings is 1. The highest BCUT2D eigenvalue weighted by Crippen LogP contribution is 2.23. The maximum atomic E-state index is 13.3. The molecule has 0 spiro atoms. The number of amides is 3. The van der Waals surface area contributed by atoms with E-state index in [2.05, 4.69) is 15.4 Å². The smallest absolute Gasteiger partial charge is 0.312 e. The lowest BCUT2D eigenvalue weighted by Gasteiger charge is -2.34. The van der Waals surface area contributed by atoms with Gasteiger partial charge < -0.3 is 15.1 Å². The zero-order valence-electron chi connectivity index (χ0n) is 17.8. The number of aryl methyl sites for hydroxylation is 1. The molecule has 3 aromatic rings. The first-order valence-electron chi connectivity index (χ1n) is 10.7. The van der Waals surface area contributed by atoms with Gasteiger partial charge in [-0.05, 0) is 37.3 Å². The Balaban J connectivity index is 1.30. The number of piperazine rings is 1. The largest absolute Gasteiger partial charge is 0.345 e. The van der Waals surface area contributed by atoms with E-state index >= 15 is 0 Å². The molecule has 1 saturated carbocycles. The molecule has 0 aromatic carbocycles. The summed E-state index contributed by atoms with van der Waals surface area (Å²) in [6, 6.07) is 5.99. The van der Waals surface area contributed by atoms with E-state index in [0.717, 1.165) is 28.8 Å². The lowest BCUT2D eigenvalue weighted by Crippen LogP contribution is -2.54. The summed E-state index contributed by atoms with van der Waals surface area (Å²) >= 11 is 1.65. The van der Waals surface area contributed by atoms with E-state index in [9.17, 15) is 14.4 Å². The number of aromatic nitrogens is 3. The molecule has 0 bridgehead atoms. The highest BCUT2D eigenvalue weighted by Gasteiger charge is 2.32. The fraction of sp³-hybridized carbons (Fsp3) is 0.409. The van der Waals surface area contributed by atoms with Gasteiger partial charge in [-0.1, -0.05) is 6.07 Å².